The Balaban J connectivity index is 1.45. The number of likely N-dealkylation sites (tertiary alicyclic amines) is 1. The molecule has 2 amide bonds. The minimum absolute atomic E-state index is 0.0686. The van der Waals surface area contributed by atoms with Crippen molar-refractivity contribution in [2.45, 2.75) is 38.4 Å². The lowest BCUT2D eigenvalue weighted by Crippen LogP contribution is -2.51. The van der Waals surface area contributed by atoms with Crippen molar-refractivity contribution in [3.63, 3.8) is 0 Å². The van der Waals surface area contributed by atoms with Crippen LogP contribution < -0.4 is 10.6 Å². The molecule has 2 N–H and O–H groups in total. The van der Waals surface area contributed by atoms with Crippen molar-refractivity contribution in [2.75, 3.05) is 13.1 Å². The van der Waals surface area contributed by atoms with Crippen LogP contribution in [0.4, 0.5) is 14.5 Å². The Morgan fingerprint density at radius 2 is 1.88 bits per heavy atom. The van der Waals surface area contributed by atoms with Gasteiger partial charge in [0, 0.05) is 43.4 Å². The number of hydrogen-bond donors (Lipinski definition) is 2. The number of hydrogen-bond acceptors (Lipinski definition) is 5. The van der Waals surface area contributed by atoms with E-state index in [2.05, 4.69) is 15.5 Å². The van der Waals surface area contributed by atoms with E-state index in [0.29, 0.717) is 38.0 Å². The summed E-state index contributed by atoms with van der Waals surface area (Å²) in [6, 6.07) is 8.26. The van der Waals surface area contributed by atoms with E-state index in [1.54, 1.807) is 13.0 Å². The highest BCUT2D eigenvalue weighted by atomic mass is 19.2. The molecule has 1 saturated heterocycles. The van der Waals surface area contributed by atoms with Gasteiger partial charge in [-0.1, -0.05) is 12.1 Å². The number of piperidine rings is 1. The van der Waals surface area contributed by atoms with Crippen molar-refractivity contribution < 1.29 is 23.3 Å². The second kappa shape index (κ2) is 10.3. The minimum atomic E-state index is -0.873. The Morgan fingerprint density at radius 1 is 1.16 bits per heavy atom. The average molecular weight is 446 g/mol. The molecule has 10 heteroatoms. The number of halogens is 2. The number of nitrogens with one attached hydrogen (secondary N) is 2. The van der Waals surface area contributed by atoms with Crippen LogP contribution in [0, 0.1) is 21.7 Å². The summed E-state index contributed by atoms with van der Waals surface area (Å²) in [5, 5.41) is 16.3. The first-order chi connectivity index (χ1) is 15.2. The molecule has 170 valence electrons. The molecule has 1 unspecified atom stereocenters. The summed E-state index contributed by atoms with van der Waals surface area (Å²) in [7, 11) is 0. The van der Waals surface area contributed by atoms with Gasteiger partial charge in [0.05, 0.1) is 4.92 Å². The Kier molecular flexibility index (Phi) is 7.47. The second-order valence-corrected chi connectivity index (χ2v) is 7.81. The third kappa shape index (κ3) is 6.07. The van der Waals surface area contributed by atoms with E-state index in [1.165, 1.54) is 24.3 Å². The first-order valence-electron chi connectivity index (χ1n) is 10.2. The number of nitrogens with zero attached hydrogens (tertiary/aromatic N) is 2. The Labute approximate surface area is 183 Å². The summed E-state index contributed by atoms with van der Waals surface area (Å²) in [5.41, 5.74) is 0.582. The lowest BCUT2D eigenvalue weighted by Gasteiger charge is -2.33. The van der Waals surface area contributed by atoms with Crippen LogP contribution in [0.25, 0.3) is 0 Å². The fraction of sp³-hybridized carbons (Fsp3) is 0.364. The standard InChI is InChI=1S/C22H24F2N4O4/c1-14(25-22(30)16-3-2-4-18(12-16)28(31)32)21(29)26-17-7-9-27(10-8-17)13-15-5-6-19(23)20(24)11-15/h2-6,11-12,14,17H,7-10,13H2,1H3,(H,25,30)(H,26,29). The maximum absolute atomic E-state index is 13.4. The third-order valence-corrected chi connectivity index (χ3v) is 5.38. The van der Waals surface area contributed by atoms with E-state index in [9.17, 15) is 28.5 Å². The summed E-state index contributed by atoms with van der Waals surface area (Å²) in [5.74, 6) is -2.66. The molecule has 0 spiro atoms. The van der Waals surface area contributed by atoms with E-state index in [0.717, 1.165) is 12.1 Å². The molecule has 1 aliphatic rings. The lowest BCUT2D eigenvalue weighted by molar-refractivity contribution is -0.384. The number of benzene rings is 2. The Morgan fingerprint density at radius 3 is 2.53 bits per heavy atom. The van der Waals surface area contributed by atoms with Crippen molar-refractivity contribution >= 4 is 17.5 Å². The molecule has 8 nitrogen and oxygen atoms in total. The molecule has 32 heavy (non-hydrogen) atoms. The SMILES string of the molecule is CC(NC(=O)c1cccc([N+](=O)[O-])c1)C(=O)NC1CCN(Cc2ccc(F)c(F)c2)CC1. The van der Waals surface area contributed by atoms with Gasteiger partial charge < -0.3 is 10.6 Å². The van der Waals surface area contributed by atoms with Gasteiger partial charge in [-0.25, -0.2) is 8.78 Å². The largest absolute Gasteiger partial charge is 0.351 e. The monoisotopic (exact) mass is 446 g/mol. The highest BCUT2D eigenvalue weighted by Gasteiger charge is 2.24. The van der Waals surface area contributed by atoms with Crippen LogP contribution in [0.1, 0.15) is 35.7 Å². The maximum Gasteiger partial charge on any atom is 0.270 e. The summed E-state index contributed by atoms with van der Waals surface area (Å²) < 4.78 is 26.4. The molecule has 3 rings (SSSR count). The molecular formula is C22H24F2N4O4. The molecule has 1 heterocycles. The van der Waals surface area contributed by atoms with Crippen LogP contribution in [0.15, 0.2) is 42.5 Å². The normalized spacial score (nSPS) is 15.7. The van der Waals surface area contributed by atoms with Crippen molar-refractivity contribution in [1.82, 2.24) is 15.5 Å². The fourth-order valence-corrected chi connectivity index (χ4v) is 3.56. The number of rotatable bonds is 7. The molecule has 0 aromatic heterocycles. The quantitative estimate of drug-likeness (QED) is 0.503. The zero-order valence-corrected chi connectivity index (χ0v) is 17.5. The van der Waals surface area contributed by atoms with E-state index in [4.69, 9.17) is 0 Å². The predicted octanol–water partition coefficient (Wildman–Crippen LogP) is 2.77. The van der Waals surface area contributed by atoms with Crippen LogP contribution in [0.5, 0.6) is 0 Å². The summed E-state index contributed by atoms with van der Waals surface area (Å²) in [6.07, 6.45) is 1.36. The lowest BCUT2D eigenvalue weighted by atomic mass is 10.0. The van der Waals surface area contributed by atoms with E-state index in [1.807, 2.05) is 0 Å². The van der Waals surface area contributed by atoms with E-state index < -0.39 is 28.5 Å². The number of non-ortho nitro benzene ring substituents is 1. The van der Waals surface area contributed by atoms with Crippen LogP contribution in [-0.4, -0.2) is 46.8 Å². The number of amides is 2. The van der Waals surface area contributed by atoms with Crippen LogP contribution in [-0.2, 0) is 11.3 Å². The molecule has 0 saturated carbocycles. The van der Waals surface area contributed by atoms with Crippen LogP contribution in [0.3, 0.4) is 0 Å². The first kappa shape index (κ1) is 23.3. The average Bonchev–Trinajstić information content (AvgIpc) is 2.77. The fourth-order valence-electron chi connectivity index (χ4n) is 3.56. The molecule has 0 radical (unpaired) electrons. The van der Waals surface area contributed by atoms with Gasteiger partial charge in [0.25, 0.3) is 11.6 Å². The summed E-state index contributed by atoms with van der Waals surface area (Å²) in [6.45, 7) is 3.40. The van der Waals surface area contributed by atoms with Crippen molar-refractivity contribution in [2.24, 2.45) is 0 Å². The number of carbonyl (C=O) groups excluding carboxylic acids is 2. The van der Waals surface area contributed by atoms with Gasteiger partial charge in [-0.3, -0.25) is 24.6 Å². The van der Waals surface area contributed by atoms with Crippen LogP contribution in [0.2, 0.25) is 0 Å². The molecule has 0 bridgehead atoms. The topological polar surface area (TPSA) is 105 Å². The molecule has 2 aromatic carbocycles. The zero-order valence-electron chi connectivity index (χ0n) is 17.5. The third-order valence-electron chi connectivity index (χ3n) is 5.38. The van der Waals surface area contributed by atoms with E-state index >= 15 is 0 Å². The number of carbonyl (C=O) groups is 2. The van der Waals surface area contributed by atoms with Gasteiger partial charge in [-0.05, 0) is 43.5 Å². The van der Waals surface area contributed by atoms with Crippen molar-refractivity contribution in [1.29, 1.82) is 0 Å². The van der Waals surface area contributed by atoms with Crippen LogP contribution >= 0.6 is 0 Å². The predicted molar refractivity (Wildman–Crippen MR) is 113 cm³/mol. The molecule has 2 aromatic rings. The Hall–Kier alpha value is -3.40. The summed E-state index contributed by atoms with van der Waals surface area (Å²) in [4.78, 5) is 37.2. The van der Waals surface area contributed by atoms with Gasteiger partial charge in [0.2, 0.25) is 5.91 Å². The smallest absolute Gasteiger partial charge is 0.270 e. The van der Waals surface area contributed by atoms with Gasteiger partial charge in [-0.2, -0.15) is 0 Å². The van der Waals surface area contributed by atoms with Gasteiger partial charge >= 0.3 is 0 Å². The van der Waals surface area contributed by atoms with Gasteiger partial charge in [0.15, 0.2) is 11.6 Å². The van der Waals surface area contributed by atoms with E-state index in [-0.39, 0.29) is 23.2 Å². The Bertz CT molecular complexity index is 1010. The maximum atomic E-state index is 13.4. The molecular weight excluding hydrogens is 422 g/mol. The first-order valence-corrected chi connectivity index (χ1v) is 10.2. The van der Waals surface area contributed by atoms with Gasteiger partial charge in [0.1, 0.15) is 6.04 Å². The highest BCUT2D eigenvalue weighted by Crippen LogP contribution is 2.16. The second-order valence-electron chi connectivity index (χ2n) is 7.81. The number of nitro benzene ring substituents is 1. The molecule has 1 atom stereocenters. The van der Waals surface area contributed by atoms with Gasteiger partial charge in [-0.15, -0.1) is 0 Å². The van der Waals surface area contributed by atoms with Crippen molar-refractivity contribution in [3.8, 4) is 0 Å². The minimum Gasteiger partial charge on any atom is -0.351 e. The molecule has 0 aliphatic carbocycles. The molecule has 1 aliphatic heterocycles. The zero-order chi connectivity index (χ0) is 23.3. The van der Waals surface area contributed by atoms with Crippen molar-refractivity contribution in [3.05, 3.63) is 75.3 Å². The number of nitro groups is 1. The summed E-state index contributed by atoms with van der Waals surface area (Å²) >= 11 is 0. The molecule has 1 fully saturated rings. The highest BCUT2D eigenvalue weighted by molar-refractivity contribution is 5.97.